The Morgan fingerprint density at radius 1 is 1.10 bits per heavy atom. The molecule has 0 saturated carbocycles. The van der Waals surface area contributed by atoms with Crippen molar-refractivity contribution in [1.29, 1.82) is 0 Å². The smallest absolute Gasteiger partial charge is 0.280 e. The van der Waals surface area contributed by atoms with Crippen molar-refractivity contribution in [2.45, 2.75) is 0 Å². The highest BCUT2D eigenvalue weighted by Gasteiger charge is 2.15. The molecule has 1 aromatic carbocycles. The summed E-state index contributed by atoms with van der Waals surface area (Å²) in [5.41, 5.74) is 0.232. The molecule has 0 spiro atoms. The number of aromatic nitrogens is 3. The summed E-state index contributed by atoms with van der Waals surface area (Å²) in [6.45, 7) is 0. The molecule has 5 nitrogen and oxygen atoms in total. The fourth-order valence-corrected chi connectivity index (χ4v) is 1.68. The quantitative estimate of drug-likeness (QED) is 0.778. The maximum absolute atomic E-state index is 13.1. The summed E-state index contributed by atoms with van der Waals surface area (Å²) in [4.78, 5) is 7.86. The van der Waals surface area contributed by atoms with Gasteiger partial charge in [-0.15, -0.1) is 0 Å². The third-order valence-corrected chi connectivity index (χ3v) is 2.54. The number of nitrogens with zero attached hydrogens (tertiary/aromatic N) is 3. The highest BCUT2D eigenvalue weighted by molar-refractivity contribution is 5.61. The normalized spacial score (nSPS) is 10.7. The van der Waals surface area contributed by atoms with Gasteiger partial charge in [0, 0.05) is 17.8 Å². The Morgan fingerprint density at radius 3 is 2.55 bits per heavy atom. The third kappa shape index (κ3) is 2.20. The summed E-state index contributed by atoms with van der Waals surface area (Å²) >= 11 is 0. The van der Waals surface area contributed by atoms with Gasteiger partial charge >= 0.3 is 0 Å². The van der Waals surface area contributed by atoms with Crippen molar-refractivity contribution >= 4 is 0 Å². The average molecular weight is 275 g/mol. The number of aromatic hydroxyl groups is 1. The summed E-state index contributed by atoms with van der Waals surface area (Å²) < 4.78 is 31.2. The molecule has 2 aromatic heterocycles. The maximum atomic E-state index is 13.1. The third-order valence-electron chi connectivity index (χ3n) is 2.54. The van der Waals surface area contributed by atoms with Crippen molar-refractivity contribution in [2.24, 2.45) is 0 Å². The number of rotatable bonds is 2. The molecule has 3 aromatic rings. The highest BCUT2D eigenvalue weighted by Crippen LogP contribution is 2.27. The minimum Gasteiger partial charge on any atom is -0.505 e. The van der Waals surface area contributed by atoms with E-state index in [4.69, 9.17) is 4.52 Å². The number of pyridine rings is 1. The van der Waals surface area contributed by atoms with Gasteiger partial charge in [0.25, 0.3) is 5.89 Å². The molecule has 0 aliphatic heterocycles. The number of hydrogen-bond donors (Lipinski definition) is 1. The summed E-state index contributed by atoms with van der Waals surface area (Å²) in [6.07, 6.45) is 1.45. The molecular formula is C13H7F2N3O2. The van der Waals surface area contributed by atoms with Crippen LogP contribution in [0.15, 0.2) is 41.1 Å². The molecule has 0 unspecified atom stereocenters. The molecule has 0 aliphatic carbocycles. The van der Waals surface area contributed by atoms with Gasteiger partial charge in [-0.1, -0.05) is 5.16 Å². The molecule has 0 radical (unpaired) electrons. The summed E-state index contributed by atoms with van der Waals surface area (Å²) in [6, 6.07) is 5.85. The Kier molecular flexibility index (Phi) is 2.86. The summed E-state index contributed by atoms with van der Waals surface area (Å²) in [5.74, 6) is -1.65. The van der Waals surface area contributed by atoms with Crippen LogP contribution in [-0.2, 0) is 0 Å². The molecular weight excluding hydrogens is 268 g/mol. The Morgan fingerprint density at radius 2 is 1.85 bits per heavy atom. The zero-order valence-corrected chi connectivity index (χ0v) is 9.92. The van der Waals surface area contributed by atoms with Crippen LogP contribution in [0.1, 0.15) is 0 Å². The molecule has 100 valence electrons. The average Bonchev–Trinajstić information content (AvgIpc) is 2.87. The fourth-order valence-electron chi connectivity index (χ4n) is 1.68. The number of halogens is 2. The second-order valence-electron chi connectivity index (χ2n) is 3.95. The van der Waals surface area contributed by atoms with Crippen molar-refractivity contribution < 1.29 is 18.4 Å². The topological polar surface area (TPSA) is 72.0 Å². The summed E-state index contributed by atoms with van der Waals surface area (Å²) in [5, 5.41) is 13.2. The van der Waals surface area contributed by atoms with Gasteiger partial charge < -0.3 is 9.63 Å². The largest absolute Gasteiger partial charge is 0.505 e. The molecule has 0 atom stereocenters. The first-order valence-electron chi connectivity index (χ1n) is 5.58. The van der Waals surface area contributed by atoms with E-state index in [9.17, 15) is 13.9 Å². The SMILES string of the molecule is Oc1cccnc1-c1nc(-c2cc(F)cc(F)c2)no1. The molecule has 2 heterocycles. The van der Waals surface area contributed by atoms with Crippen molar-refractivity contribution in [1.82, 2.24) is 15.1 Å². The van der Waals surface area contributed by atoms with Crippen LogP contribution in [0.3, 0.4) is 0 Å². The minimum absolute atomic E-state index is 0.00320. The number of hydrogen-bond acceptors (Lipinski definition) is 5. The molecule has 1 N–H and O–H groups in total. The standard InChI is InChI=1S/C13H7F2N3O2/c14-8-4-7(5-9(15)6-8)12-17-13(20-18-12)11-10(19)2-1-3-16-11/h1-6,19H. The second-order valence-corrected chi connectivity index (χ2v) is 3.95. The highest BCUT2D eigenvalue weighted by atomic mass is 19.1. The minimum atomic E-state index is -0.743. The van der Waals surface area contributed by atoms with Crippen molar-refractivity contribution in [3.05, 3.63) is 48.2 Å². The van der Waals surface area contributed by atoms with E-state index in [2.05, 4.69) is 15.1 Å². The van der Waals surface area contributed by atoms with Gasteiger partial charge in [0.2, 0.25) is 5.82 Å². The lowest BCUT2D eigenvalue weighted by Crippen LogP contribution is -1.87. The Bertz CT molecular complexity index is 754. The molecule has 0 aliphatic rings. The first-order valence-corrected chi connectivity index (χ1v) is 5.58. The molecule has 0 saturated heterocycles. The van der Waals surface area contributed by atoms with Crippen molar-refractivity contribution in [3.8, 4) is 28.7 Å². The van der Waals surface area contributed by atoms with Gasteiger partial charge in [0.05, 0.1) is 0 Å². The summed E-state index contributed by atoms with van der Waals surface area (Å²) in [7, 11) is 0. The van der Waals surface area contributed by atoms with E-state index in [1.54, 1.807) is 0 Å². The van der Waals surface area contributed by atoms with Crippen LogP contribution in [-0.4, -0.2) is 20.2 Å². The van der Waals surface area contributed by atoms with Crippen LogP contribution in [0.2, 0.25) is 0 Å². The van der Waals surface area contributed by atoms with Crippen LogP contribution in [0, 0.1) is 11.6 Å². The lowest BCUT2D eigenvalue weighted by Gasteiger charge is -1.96. The first-order chi connectivity index (χ1) is 9.63. The van der Waals surface area contributed by atoms with Crippen LogP contribution in [0.4, 0.5) is 8.78 Å². The van der Waals surface area contributed by atoms with E-state index < -0.39 is 11.6 Å². The van der Waals surface area contributed by atoms with Gasteiger partial charge in [0.15, 0.2) is 5.69 Å². The molecule has 7 heteroatoms. The monoisotopic (exact) mass is 275 g/mol. The van der Waals surface area contributed by atoms with Gasteiger partial charge in [-0.05, 0) is 24.3 Å². The number of benzene rings is 1. The molecule has 0 fully saturated rings. The van der Waals surface area contributed by atoms with Gasteiger partial charge in [0.1, 0.15) is 17.4 Å². The molecule has 20 heavy (non-hydrogen) atoms. The zero-order chi connectivity index (χ0) is 14.1. The van der Waals surface area contributed by atoms with Crippen LogP contribution >= 0.6 is 0 Å². The Labute approximate surface area is 111 Å². The lowest BCUT2D eigenvalue weighted by atomic mass is 10.2. The Hall–Kier alpha value is -2.83. The van der Waals surface area contributed by atoms with Crippen LogP contribution in [0.5, 0.6) is 5.75 Å². The van der Waals surface area contributed by atoms with Crippen molar-refractivity contribution in [2.75, 3.05) is 0 Å². The lowest BCUT2D eigenvalue weighted by molar-refractivity contribution is 0.423. The van der Waals surface area contributed by atoms with Gasteiger partial charge in [-0.25, -0.2) is 13.8 Å². The predicted octanol–water partition coefficient (Wildman–Crippen LogP) is 2.78. The van der Waals surface area contributed by atoms with E-state index >= 15 is 0 Å². The van der Waals surface area contributed by atoms with E-state index in [1.807, 2.05) is 0 Å². The Balaban J connectivity index is 2.04. The van der Waals surface area contributed by atoms with E-state index in [0.29, 0.717) is 0 Å². The predicted molar refractivity (Wildman–Crippen MR) is 64.5 cm³/mol. The van der Waals surface area contributed by atoms with E-state index in [0.717, 1.165) is 18.2 Å². The fraction of sp³-hybridized carbons (Fsp3) is 0. The van der Waals surface area contributed by atoms with Gasteiger partial charge in [-0.3, -0.25) is 0 Å². The van der Waals surface area contributed by atoms with E-state index in [-0.39, 0.29) is 28.7 Å². The van der Waals surface area contributed by atoms with Gasteiger partial charge in [-0.2, -0.15) is 4.98 Å². The van der Waals surface area contributed by atoms with E-state index in [1.165, 1.54) is 18.3 Å². The molecule has 0 bridgehead atoms. The molecule has 0 amide bonds. The zero-order valence-electron chi connectivity index (χ0n) is 9.92. The van der Waals surface area contributed by atoms with Crippen LogP contribution < -0.4 is 0 Å². The molecule has 3 rings (SSSR count). The van der Waals surface area contributed by atoms with Crippen LogP contribution in [0.25, 0.3) is 23.0 Å². The maximum Gasteiger partial charge on any atom is 0.280 e. The first kappa shape index (κ1) is 12.2. The second kappa shape index (κ2) is 4.69. The van der Waals surface area contributed by atoms with Crippen molar-refractivity contribution in [3.63, 3.8) is 0 Å².